The number of aromatic nitrogens is 2. The number of fused-ring (bicyclic) bond motifs is 1. The molecule has 2 amide bonds. The molecule has 6 nitrogen and oxygen atoms in total. The lowest BCUT2D eigenvalue weighted by Gasteiger charge is -2.20. The summed E-state index contributed by atoms with van der Waals surface area (Å²) in [6.45, 7) is 1.19. The maximum atomic E-state index is 13.0. The Morgan fingerprint density at radius 3 is 2.65 bits per heavy atom. The number of rotatable bonds is 2. The lowest BCUT2D eigenvalue weighted by Crippen LogP contribution is -2.34. The number of nitrogens with one attached hydrogen (secondary N) is 1. The number of urea groups is 1. The second-order valence-corrected chi connectivity index (χ2v) is 6.14. The van der Waals surface area contributed by atoms with Crippen LogP contribution >= 0.6 is 0 Å². The van der Waals surface area contributed by atoms with E-state index in [0.717, 1.165) is 18.4 Å². The van der Waals surface area contributed by atoms with Crippen molar-refractivity contribution >= 4 is 12.0 Å². The Bertz CT molecular complexity index is 923. The van der Waals surface area contributed by atoms with E-state index in [9.17, 15) is 9.18 Å². The first-order valence-electron chi connectivity index (χ1n) is 8.41. The molecule has 2 aromatic carbocycles. The summed E-state index contributed by atoms with van der Waals surface area (Å²) in [6, 6.07) is 13.6. The van der Waals surface area contributed by atoms with Crippen molar-refractivity contribution in [3.8, 4) is 11.5 Å². The highest BCUT2D eigenvalue weighted by Gasteiger charge is 2.20. The van der Waals surface area contributed by atoms with Gasteiger partial charge >= 0.3 is 12.0 Å². The zero-order valence-corrected chi connectivity index (χ0v) is 14.0. The van der Waals surface area contributed by atoms with Crippen LogP contribution in [0.1, 0.15) is 17.5 Å². The van der Waals surface area contributed by atoms with Crippen molar-refractivity contribution < 1.29 is 13.6 Å². The van der Waals surface area contributed by atoms with E-state index in [1.807, 2.05) is 18.2 Å². The summed E-state index contributed by atoms with van der Waals surface area (Å²) in [5.74, 6) is -0.121. The molecule has 0 bridgehead atoms. The number of carbonyl (C=O) groups is 1. The number of carbonyl (C=O) groups excluding carboxylic acids is 1. The highest BCUT2D eigenvalue weighted by Crippen LogP contribution is 2.22. The number of nitrogens with zero attached hydrogens (tertiary/aromatic N) is 3. The number of hydrogen-bond acceptors (Lipinski definition) is 4. The smallest absolute Gasteiger partial charge is 0.325 e. The van der Waals surface area contributed by atoms with Crippen molar-refractivity contribution in [1.29, 1.82) is 0 Å². The van der Waals surface area contributed by atoms with E-state index in [1.165, 1.54) is 17.7 Å². The SMILES string of the molecule is O=C(Nc1nnc(-c2ccc(F)cc2)o1)N1CCCc2ccccc2C1. The summed E-state index contributed by atoms with van der Waals surface area (Å²) in [5.41, 5.74) is 3.01. The first-order valence-corrected chi connectivity index (χ1v) is 8.41. The molecule has 0 saturated carbocycles. The maximum absolute atomic E-state index is 13.0. The second-order valence-electron chi connectivity index (χ2n) is 6.14. The normalized spacial score (nSPS) is 13.8. The fourth-order valence-corrected chi connectivity index (χ4v) is 3.03. The van der Waals surface area contributed by atoms with E-state index in [4.69, 9.17) is 4.42 Å². The first kappa shape index (κ1) is 16.3. The van der Waals surface area contributed by atoms with Crippen LogP contribution in [0.5, 0.6) is 0 Å². The molecule has 7 heteroatoms. The molecule has 4 rings (SSSR count). The molecule has 132 valence electrons. The second kappa shape index (κ2) is 6.95. The monoisotopic (exact) mass is 352 g/mol. The molecule has 1 N–H and O–H groups in total. The summed E-state index contributed by atoms with van der Waals surface area (Å²) in [5, 5.41) is 10.4. The molecule has 1 aliphatic heterocycles. The number of benzene rings is 2. The Kier molecular flexibility index (Phi) is 4.35. The number of amides is 2. The Labute approximate surface area is 149 Å². The average Bonchev–Trinajstić information content (AvgIpc) is 2.99. The van der Waals surface area contributed by atoms with Gasteiger partial charge in [0.2, 0.25) is 5.89 Å². The quantitative estimate of drug-likeness (QED) is 0.760. The fourth-order valence-electron chi connectivity index (χ4n) is 3.03. The van der Waals surface area contributed by atoms with E-state index in [1.54, 1.807) is 17.0 Å². The molecule has 26 heavy (non-hydrogen) atoms. The number of anilines is 1. The van der Waals surface area contributed by atoms with E-state index in [-0.39, 0.29) is 23.8 Å². The van der Waals surface area contributed by atoms with Crippen molar-refractivity contribution in [2.75, 3.05) is 11.9 Å². The van der Waals surface area contributed by atoms with Crippen LogP contribution in [0.25, 0.3) is 11.5 Å². The molecule has 0 spiro atoms. The predicted octanol–water partition coefficient (Wildman–Crippen LogP) is 3.86. The third kappa shape index (κ3) is 3.42. The van der Waals surface area contributed by atoms with Crippen LogP contribution < -0.4 is 5.32 Å². The maximum Gasteiger partial charge on any atom is 0.325 e. The highest BCUT2D eigenvalue weighted by atomic mass is 19.1. The molecule has 2 heterocycles. The molecule has 0 atom stereocenters. The number of hydrogen-bond donors (Lipinski definition) is 1. The lowest BCUT2D eigenvalue weighted by atomic mass is 10.0. The zero-order chi connectivity index (χ0) is 17.9. The molecule has 0 fully saturated rings. The summed E-state index contributed by atoms with van der Waals surface area (Å²) in [4.78, 5) is 14.3. The van der Waals surface area contributed by atoms with Gasteiger partial charge in [0.25, 0.3) is 0 Å². The van der Waals surface area contributed by atoms with Crippen LogP contribution in [0, 0.1) is 5.82 Å². The van der Waals surface area contributed by atoms with Gasteiger partial charge in [0.05, 0.1) is 0 Å². The third-order valence-corrected chi connectivity index (χ3v) is 4.37. The molecular formula is C19H17FN4O2. The van der Waals surface area contributed by atoms with Crippen molar-refractivity contribution in [3.63, 3.8) is 0 Å². The third-order valence-electron chi connectivity index (χ3n) is 4.37. The van der Waals surface area contributed by atoms with E-state index in [0.29, 0.717) is 18.7 Å². The Morgan fingerprint density at radius 2 is 1.85 bits per heavy atom. The van der Waals surface area contributed by atoms with Crippen LogP contribution in [0.4, 0.5) is 15.2 Å². The van der Waals surface area contributed by atoms with Crippen LogP contribution in [0.15, 0.2) is 52.9 Å². The van der Waals surface area contributed by atoms with Gasteiger partial charge in [-0.2, -0.15) is 0 Å². The lowest BCUT2D eigenvalue weighted by molar-refractivity contribution is 0.209. The van der Waals surface area contributed by atoms with Gasteiger partial charge in [-0.15, -0.1) is 5.10 Å². The Balaban J connectivity index is 1.46. The van der Waals surface area contributed by atoms with Crippen molar-refractivity contribution in [1.82, 2.24) is 15.1 Å². The molecule has 0 aliphatic carbocycles. The molecule has 1 aromatic heterocycles. The molecule has 0 unspecified atom stereocenters. The van der Waals surface area contributed by atoms with E-state index < -0.39 is 0 Å². The fraction of sp³-hybridized carbons (Fsp3) is 0.211. The van der Waals surface area contributed by atoms with Gasteiger partial charge in [-0.3, -0.25) is 5.32 Å². The first-order chi connectivity index (χ1) is 12.7. The van der Waals surface area contributed by atoms with Crippen LogP contribution in [-0.2, 0) is 13.0 Å². The molecule has 0 radical (unpaired) electrons. The summed E-state index contributed by atoms with van der Waals surface area (Å²) in [7, 11) is 0. The average molecular weight is 352 g/mol. The number of halogens is 1. The van der Waals surface area contributed by atoms with E-state index >= 15 is 0 Å². The Morgan fingerprint density at radius 1 is 1.08 bits per heavy atom. The van der Waals surface area contributed by atoms with Gasteiger partial charge < -0.3 is 9.32 Å². The minimum Gasteiger partial charge on any atom is -0.403 e. The van der Waals surface area contributed by atoms with Gasteiger partial charge in [-0.25, -0.2) is 9.18 Å². The summed E-state index contributed by atoms with van der Waals surface area (Å²) >= 11 is 0. The topological polar surface area (TPSA) is 71.3 Å². The molecule has 3 aromatic rings. The zero-order valence-electron chi connectivity index (χ0n) is 14.0. The van der Waals surface area contributed by atoms with Gasteiger partial charge in [0.15, 0.2) is 0 Å². The van der Waals surface area contributed by atoms with Gasteiger partial charge in [-0.1, -0.05) is 29.4 Å². The van der Waals surface area contributed by atoms with Crippen molar-refractivity contribution in [3.05, 3.63) is 65.5 Å². The predicted molar refractivity (Wildman–Crippen MR) is 93.9 cm³/mol. The molecule has 0 saturated heterocycles. The summed E-state index contributed by atoms with van der Waals surface area (Å²) < 4.78 is 18.5. The molecule has 1 aliphatic rings. The standard InChI is InChI=1S/C19H17FN4O2/c20-16-9-7-14(8-10-16)17-22-23-18(26-17)21-19(25)24-11-3-6-13-4-1-2-5-15(13)12-24/h1-2,4-5,7-10H,3,6,11-12H2,(H,21,23,25). The molecular weight excluding hydrogens is 335 g/mol. The van der Waals surface area contributed by atoms with E-state index in [2.05, 4.69) is 21.6 Å². The van der Waals surface area contributed by atoms with Crippen LogP contribution in [0.2, 0.25) is 0 Å². The van der Waals surface area contributed by atoms with Gasteiger partial charge in [0.1, 0.15) is 5.82 Å². The Hall–Kier alpha value is -3.22. The minimum absolute atomic E-state index is 0.0202. The number of aryl methyl sites for hydroxylation is 1. The van der Waals surface area contributed by atoms with Crippen molar-refractivity contribution in [2.45, 2.75) is 19.4 Å². The van der Waals surface area contributed by atoms with Crippen molar-refractivity contribution in [2.24, 2.45) is 0 Å². The largest absolute Gasteiger partial charge is 0.403 e. The van der Waals surface area contributed by atoms with Gasteiger partial charge in [-0.05, 0) is 48.2 Å². The van der Waals surface area contributed by atoms with Crippen LogP contribution in [0.3, 0.4) is 0 Å². The van der Waals surface area contributed by atoms with Crippen LogP contribution in [-0.4, -0.2) is 27.7 Å². The summed E-state index contributed by atoms with van der Waals surface area (Å²) in [6.07, 6.45) is 1.85. The van der Waals surface area contributed by atoms with Gasteiger partial charge in [0, 0.05) is 18.7 Å². The minimum atomic E-state index is -0.344. The highest BCUT2D eigenvalue weighted by molar-refractivity contribution is 5.87.